The zero-order valence-corrected chi connectivity index (χ0v) is 9.45. The van der Waals surface area contributed by atoms with Gasteiger partial charge in [-0.25, -0.2) is 0 Å². The molecular formula is C6H5Br2NOS. The predicted molar refractivity (Wildman–Crippen MR) is 52.8 cm³/mol. The molecule has 1 atom stereocenters. The largest absolute Gasteiger partial charge is 0.302 e. The van der Waals surface area contributed by atoms with Gasteiger partial charge in [-0.2, -0.15) is 0 Å². The summed E-state index contributed by atoms with van der Waals surface area (Å²) >= 11 is 8.43. The molecule has 60 valence electrons. The molecule has 0 aliphatic carbocycles. The molecule has 2 heterocycles. The van der Waals surface area contributed by atoms with Crippen LogP contribution in [-0.2, 0) is 4.79 Å². The molecule has 0 aromatic heterocycles. The average molecular weight is 299 g/mol. The number of fused-ring (bicyclic) bond motifs is 1. The van der Waals surface area contributed by atoms with E-state index in [1.807, 2.05) is 12.3 Å². The molecule has 2 rings (SSSR count). The van der Waals surface area contributed by atoms with Gasteiger partial charge in [-0.05, 0) is 0 Å². The van der Waals surface area contributed by atoms with E-state index in [0.717, 1.165) is 5.75 Å². The minimum absolute atomic E-state index is 0.0888. The molecule has 0 bridgehead atoms. The second-order valence-electron chi connectivity index (χ2n) is 2.41. The fourth-order valence-corrected chi connectivity index (χ4v) is 3.79. The molecule has 5 heteroatoms. The highest BCUT2D eigenvalue weighted by atomic mass is 79.9. The van der Waals surface area contributed by atoms with E-state index in [0.29, 0.717) is 0 Å². The van der Waals surface area contributed by atoms with Crippen LogP contribution in [0.15, 0.2) is 12.3 Å². The zero-order valence-electron chi connectivity index (χ0n) is 5.46. The van der Waals surface area contributed by atoms with E-state index < -0.39 is 3.23 Å². The molecule has 2 aliphatic heterocycles. The number of nitrogens with zero attached hydrogens (tertiary/aromatic N) is 1. The van der Waals surface area contributed by atoms with E-state index in [1.54, 1.807) is 16.7 Å². The van der Waals surface area contributed by atoms with Crippen LogP contribution in [0.2, 0.25) is 0 Å². The standard InChI is InChI=1S/C6H5Br2NOS/c7-6(8)4(10)9-2-1-3-11-5(6)9/h1-2,5H,3H2/t5-/m1/s1. The van der Waals surface area contributed by atoms with Crippen molar-refractivity contribution in [3.63, 3.8) is 0 Å². The summed E-state index contributed by atoms with van der Waals surface area (Å²) in [5, 5.41) is 0.222. The van der Waals surface area contributed by atoms with Crippen LogP contribution in [0.5, 0.6) is 0 Å². The van der Waals surface area contributed by atoms with Crippen molar-refractivity contribution in [3.05, 3.63) is 12.3 Å². The van der Waals surface area contributed by atoms with Crippen LogP contribution in [0.4, 0.5) is 0 Å². The van der Waals surface area contributed by atoms with Crippen LogP contribution in [-0.4, -0.2) is 25.2 Å². The van der Waals surface area contributed by atoms with Crippen molar-refractivity contribution in [2.45, 2.75) is 8.61 Å². The molecule has 1 saturated heterocycles. The fraction of sp³-hybridized carbons (Fsp3) is 0.500. The summed E-state index contributed by atoms with van der Waals surface area (Å²) in [6, 6.07) is 0. The van der Waals surface area contributed by atoms with Crippen molar-refractivity contribution in [1.82, 2.24) is 4.90 Å². The van der Waals surface area contributed by atoms with Crippen molar-refractivity contribution in [1.29, 1.82) is 0 Å². The van der Waals surface area contributed by atoms with Gasteiger partial charge in [-0.1, -0.05) is 37.9 Å². The van der Waals surface area contributed by atoms with Crippen molar-refractivity contribution in [3.8, 4) is 0 Å². The van der Waals surface area contributed by atoms with Crippen LogP contribution in [0.25, 0.3) is 0 Å². The number of amides is 1. The van der Waals surface area contributed by atoms with Gasteiger partial charge < -0.3 is 4.90 Å². The third kappa shape index (κ3) is 1.01. The Morgan fingerprint density at radius 1 is 1.73 bits per heavy atom. The summed E-state index contributed by atoms with van der Waals surface area (Å²) in [4.78, 5) is 13.0. The van der Waals surface area contributed by atoms with Crippen LogP contribution < -0.4 is 0 Å². The van der Waals surface area contributed by atoms with Gasteiger partial charge in [0, 0.05) is 12.0 Å². The first kappa shape index (κ1) is 8.13. The van der Waals surface area contributed by atoms with Gasteiger partial charge in [0.1, 0.15) is 5.37 Å². The normalized spacial score (nSPS) is 33.1. The number of hydrogen-bond acceptors (Lipinski definition) is 2. The molecule has 0 saturated carbocycles. The van der Waals surface area contributed by atoms with Crippen molar-refractivity contribution >= 4 is 49.5 Å². The first-order valence-electron chi connectivity index (χ1n) is 3.13. The zero-order chi connectivity index (χ0) is 8.06. The Balaban J connectivity index is 2.26. The number of halogens is 2. The lowest BCUT2D eigenvalue weighted by molar-refractivity contribution is -0.137. The molecule has 1 fully saturated rings. The Labute approximate surface area is 85.6 Å². The molecule has 0 spiro atoms. The number of rotatable bonds is 0. The molecule has 1 amide bonds. The maximum Gasteiger partial charge on any atom is 0.258 e. The van der Waals surface area contributed by atoms with Crippen LogP contribution in [0.3, 0.4) is 0 Å². The Kier molecular flexibility index (Phi) is 1.85. The lowest BCUT2D eigenvalue weighted by Gasteiger charge is -2.49. The first-order valence-corrected chi connectivity index (χ1v) is 5.76. The van der Waals surface area contributed by atoms with Gasteiger partial charge in [-0.3, -0.25) is 4.79 Å². The molecular weight excluding hydrogens is 294 g/mol. The maximum absolute atomic E-state index is 11.3. The first-order chi connectivity index (χ1) is 5.14. The number of carbonyl (C=O) groups excluding carboxylic acids is 1. The fourth-order valence-electron chi connectivity index (χ4n) is 1.13. The van der Waals surface area contributed by atoms with Gasteiger partial charge in [0.2, 0.25) is 0 Å². The lowest BCUT2D eigenvalue weighted by atomic mass is 10.2. The number of β-lactam (4-membered cyclic amide) rings is 1. The Hall–Kier alpha value is 0.520. The summed E-state index contributed by atoms with van der Waals surface area (Å²) in [7, 11) is 0. The molecule has 0 N–H and O–H groups in total. The molecule has 0 aromatic carbocycles. The van der Waals surface area contributed by atoms with Gasteiger partial charge in [0.25, 0.3) is 5.91 Å². The highest BCUT2D eigenvalue weighted by molar-refractivity contribution is 9.26. The quantitative estimate of drug-likeness (QED) is 0.503. The molecule has 2 aliphatic rings. The van der Waals surface area contributed by atoms with Crippen molar-refractivity contribution < 1.29 is 4.79 Å². The number of hydrogen-bond donors (Lipinski definition) is 0. The van der Waals surface area contributed by atoms with Crippen molar-refractivity contribution in [2.75, 3.05) is 5.75 Å². The molecule has 2 nitrogen and oxygen atoms in total. The summed E-state index contributed by atoms with van der Waals surface area (Å²) in [6.07, 6.45) is 3.85. The van der Waals surface area contributed by atoms with E-state index in [-0.39, 0.29) is 11.3 Å². The minimum Gasteiger partial charge on any atom is -0.302 e. The van der Waals surface area contributed by atoms with Gasteiger partial charge in [0.15, 0.2) is 3.23 Å². The third-order valence-electron chi connectivity index (χ3n) is 1.70. The predicted octanol–water partition coefficient (Wildman–Crippen LogP) is 1.90. The monoisotopic (exact) mass is 297 g/mol. The number of alkyl halides is 2. The number of carbonyl (C=O) groups is 1. The topological polar surface area (TPSA) is 20.3 Å². The number of thioether (sulfide) groups is 1. The van der Waals surface area contributed by atoms with E-state index in [4.69, 9.17) is 0 Å². The maximum atomic E-state index is 11.3. The van der Waals surface area contributed by atoms with Crippen LogP contribution >= 0.6 is 43.6 Å². The minimum atomic E-state index is -0.505. The summed E-state index contributed by atoms with van der Waals surface area (Å²) in [5.74, 6) is 1.07. The van der Waals surface area contributed by atoms with Crippen molar-refractivity contribution in [2.24, 2.45) is 0 Å². The highest BCUT2D eigenvalue weighted by Gasteiger charge is 2.58. The van der Waals surface area contributed by atoms with E-state index in [2.05, 4.69) is 31.9 Å². The van der Waals surface area contributed by atoms with Gasteiger partial charge >= 0.3 is 0 Å². The second-order valence-corrected chi connectivity index (χ2v) is 7.08. The van der Waals surface area contributed by atoms with Gasteiger partial charge in [-0.15, -0.1) is 11.8 Å². The molecule has 0 unspecified atom stereocenters. The summed E-state index contributed by atoms with van der Waals surface area (Å²) < 4.78 is -0.505. The SMILES string of the molecule is O=C1N2C=CCS[C@@H]2C1(Br)Br. The molecule has 11 heavy (non-hydrogen) atoms. The third-order valence-corrected chi connectivity index (χ3v) is 5.13. The lowest BCUT2D eigenvalue weighted by Crippen LogP contribution is -2.64. The van der Waals surface area contributed by atoms with Gasteiger partial charge in [0.05, 0.1) is 0 Å². The Morgan fingerprint density at radius 3 is 3.09 bits per heavy atom. The van der Waals surface area contributed by atoms with Crippen LogP contribution in [0, 0.1) is 0 Å². The summed E-state index contributed by atoms with van der Waals surface area (Å²) in [5.41, 5.74) is 0. The van der Waals surface area contributed by atoms with E-state index in [1.165, 1.54) is 0 Å². The average Bonchev–Trinajstić information content (AvgIpc) is 2.04. The van der Waals surface area contributed by atoms with E-state index in [9.17, 15) is 4.79 Å². The highest BCUT2D eigenvalue weighted by Crippen LogP contribution is 2.50. The second kappa shape index (κ2) is 2.50. The molecule has 0 radical (unpaired) electrons. The Bertz CT molecular complexity index is 241. The van der Waals surface area contributed by atoms with E-state index >= 15 is 0 Å². The molecule has 0 aromatic rings. The summed E-state index contributed by atoms with van der Waals surface area (Å²) in [6.45, 7) is 0. The Morgan fingerprint density at radius 2 is 2.45 bits per heavy atom. The smallest absolute Gasteiger partial charge is 0.258 e. The van der Waals surface area contributed by atoms with Crippen LogP contribution in [0.1, 0.15) is 0 Å².